The van der Waals surface area contributed by atoms with Crippen molar-refractivity contribution in [2.75, 3.05) is 0 Å². The Balaban J connectivity index is 2.99. The topological polar surface area (TPSA) is 88.7 Å². The number of carbonyl (C=O) groups excluding carboxylic acids is 1. The van der Waals surface area contributed by atoms with Crippen LogP contribution in [0.5, 0.6) is 0 Å². The predicted octanol–water partition coefficient (Wildman–Crippen LogP) is 0.728. The molecule has 5 heteroatoms. The monoisotopic (exact) mass is 204 g/mol. The molecule has 0 aliphatic carbocycles. The highest BCUT2D eigenvalue weighted by Crippen LogP contribution is 2.25. The number of nitrogens with one attached hydrogen (secondary N) is 2. The number of rotatable bonds is 3. The molecule has 1 rings (SSSR count). The van der Waals surface area contributed by atoms with Crippen LogP contribution in [-0.2, 0) is 4.79 Å². The second-order valence-electron chi connectivity index (χ2n) is 3.38. The fraction of sp³-hybridized carbons (Fsp3) is 0.500. The quantitative estimate of drug-likeness (QED) is 0.524. The van der Waals surface area contributed by atoms with E-state index in [1.165, 1.54) is 0 Å². The van der Waals surface area contributed by atoms with Gasteiger partial charge >= 0.3 is 0 Å². The predicted molar refractivity (Wildman–Crippen MR) is 52.5 cm³/mol. The van der Waals surface area contributed by atoms with Gasteiger partial charge in [0.1, 0.15) is 5.82 Å². The molecule has 0 saturated heterocycles. The van der Waals surface area contributed by atoms with Crippen molar-refractivity contribution in [3.05, 3.63) is 11.4 Å². The van der Waals surface area contributed by atoms with Crippen molar-refractivity contribution in [1.29, 1.82) is 10.5 Å². The zero-order chi connectivity index (χ0) is 11.3. The first-order valence-electron chi connectivity index (χ1n) is 4.82. The minimum atomic E-state index is -0.148. The summed E-state index contributed by atoms with van der Waals surface area (Å²) in [5.74, 6) is 0.0319. The number of nitrogens with zero attached hydrogens (tertiary/aromatic N) is 2. The largest absolute Gasteiger partial charge is 0.311 e. The van der Waals surface area contributed by atoms with Gasteiger partial charge in [0.05, 0.1) is 11.6 Å². The molecule has 15 heavy (non-hydrogen) atoms. The summed E-state index contributed by atoms with van der Waals surface area (Å²) in [6.45, 7) is 2.00. The van der Waals surface area contributed by atoms with Crippen LogP contribution in [0.2, 0.25) is 0 Å². The molecular weight excluding hydrogens is 192 g/mol. The van der Waals surface area contributed by atoms with Gasteiger partial charge < -0.3 is 5.32 Å². The van der Waals surface area contributed by atoms with Gasteiger partial charge in [-0.1, -0.05) is 13.3 Å². The number of allylic oxidation sites excluding steroid dienone is 1. The molecule has 0 aromatic rings. The lowest BCUT2D eigenvalue weighted by Crippen LogP contribution is -2.37. The van der Waals surface area contributed by atoms with Crippen molar-refractivity contribution in [2.45, 2.75) is 26.2 Å². The van der Waals surface area contributed by atoms with Gasteiger partial charge in [0.2, 0.25) is 5.91 Å². The highest BCUT2D eigenvalue weighted by atomic mass is 16.1. The van der Waals surface area contributed by atoms with Gasteiger partial charge in [-0.2, -0.15) is 10.5 Å². The van der Waals surface area contributed by atoms with E-state index < -0.39 is 0 Å². The van der Waals surface area contributed by atoms with E-state index in [4.69, 9.17) is 10.5 Å². The van der Waals surface area contributed by atoms with Crippen molar-refractivity contribution in [3.8, 4) is 12.3 Å². The summed E-state index contributed by atoms with van der Waals surface area (Å²) in [6, 6.07) is 2.05. The Morgan fingerprint density at radius 2 is 2.33 bits per heavy atom. The van der Waals surface area contributed by atoms with Crippen molar-refractivity contribution < 1.29 is 4.79 Å². The van der Waals surface area contributed by atoms with Gasteiger partial charge in [-0.25, -0.2) is 0 Å². The van der Waals surface area contributed by atoms with Crippen LogP contribution in [0.25, 0.3) is 0 Å². The number of amides is 1. The summed E-state index contributed by atoms with van der Waals surface area (Å²) in [4.78, 5) is 11.3. The molecule has 78 valence electrons. The van der Waals surface area contributed by atoms with Gasteiger partial charge in [0, 0.05) is 12.3 Å². The SMILES string of the molecule is CCCC1CC(=O)NC(NC#N)=C1C#N. The van der Waals surface area contributed by atoms with E-state index in [9.17, 15) is 4.79 Å². The lowest BCUT2D eigenvalue weighted by Gasteiger charge is -2.23. The second kappa shape index (κ2) is 5.02. The Labute approximate surface area is 88.4 Å². The van der Waals surface area contributed by atoms with Gasteiger partial charge in [-0.3, -0.25) is 10.1 Å². The van der Waals surface area contributed by atoms with Crippen LogP contribution in [0, 0.1) is 28.7 Å². The molecule has 1 atom stereocenters. The maximum Gasteiger partial charge on any atom is 0.226 e. The summed E-state index contributed by atoms with van der Waals surface area (Å²) < 4.78 is 0. The van der Waals surface area contributed by atoms with Gasteiger partial charge in [0.25, 0.3) is 0 Å². The van der Waals surface area contributed by atoms with E-state index in [1.807, 2.05) is 13.0 Å². The Morgan fingerprint density at radius 3 is 2.87 bits per heavy atom. The third kappa shape index (κ3) is 2.47. The molecule has 1 amide bonds. The maximum absolute atomic E-state index is 11.3. The van der Waals surface area contributed by atoms with Crippen LogP contribution in [0.3, 0.4) is 0 Å². The summed E-state index contributed by atoms with van der Waals surface area (Å²) in [5.41, 5.74) is 0.470. The fourth-order valence-corrected chi connectivity index (χ4v) is 1.68. The molecule has 1 unspecified atom stereocenters. The van der Waals surface area contributed by atoms with Crippen LogP contribution in [0.1, 0.15) is 26.2 Å². The molecule has 0 spiro atoms. The van der Waals surface area contributed by atoms with Crippen molar-refractivity contribution in [2.24, 2.45) is 5.92 Å². The van der Waals surface area contributed by atoms with Crippen molar-refractivity contribution in [1.82, 2.24) is 10.6 Å². The maximum atomic E-state index is 11.3. The summed E-state index contributed by atoms with van der Waals surface area (Å²) in [7, 11) is 0. The number of hydrogen-bond acceptors (Lipinski definition) is 4. The van der Waals surface area contributed by atoms with E-state index in [-0.39, 0.29) is 17.6 Å². The van der Waals surface area contributed by atoms with Gasteiger partial charge in [-0.15, -0.1) is 0 Å². The first-order chi connectivity index (χ1) is 7.22. The van der Waals surface area contributed by atoms with Crippen molar-refractivity contribution in [3.63, 3.8) is 0 Å². The molecule has 0 aromatic heterocycles. The standard InChI is InChI=1S/C10H12N4O/c1-2-3-7-4-9(15)14-10(13-6-12)8(7)5-11/h7,13H,2-4H2,1H3,(H,14,15). The number of carbonyl (C=O) groups is 1. The van der Waals surface area contributed by atoms with Crippen LogP contribution >= 0.6 is 0 Å². The minimum absolute atomic E-state index is 0.0652. The first kappa shape index (κ1) is 11.1. The Kier molecular flexibility index (Phi) is 3.70. The third-order valence-corrected chi connectivity index (χ3v) is 2.31. The first-order valence-corrected chi connectivity index (χ1v) is 4.82. The summed E-state index contributed by atoms with van der Waals surface area (Å²) >= 11 is 0. The van der Waals surface area contributed by atoms with E-state index in [0.717, 1.165) is 12.8 Å². The van der Waals surface area contributed by atoms with Gasteiger partial charge in [0.15, 0.2) is 6.19 Å². The fourth-order valence-electron chi connectivity index (χ4n) is 1.68. The number of nitriles is 2. The molecule has 1 aliphatic heterocycles. The van der Waals surface area contributed by atoms with Crippen LogP contribution in [-0.4, -0.2) is 5.91 Å². The molecule has 0 bridgehead atoms. The van der Waals surface area contributed by atoms with E-state index in [0.29, 0.717) is 12.0 Å². The molecule has 0 fully saturated rings. The smallest absolute Gasteiger partial charge is 0.226 e. The molecular formula is C10H12N4O. The molecule has 1 heterocycles. The molecule has 0 aromatic carbocycles. The average Bonchev–Trinajstić information content (AvgIpc) is 2.18. The Bertz CT molecular complexity index is 372. The van der Waals surface area contributed by atoms with E-state index in [1.54, 1.807) is 6.19 Å². The molecule has 2 N–H and O–H groups in total. The van der Waals surface area contributed by atoms with E-state index in [2.05, 4.69) is 10.6 Å². The van der Waals surface area contributed by atoms with Crippen LogP contribution < -0.4 is 10.6 Å². The van der Waals surface area contributed by atoms with Gasteiger partial charge in [-0.05, 0) is 6.42 Å². The molecule has 0 radical (unpaired) electrons. The third-order valence-electron chi connectivity index (χ3n) is 2.31. The molecule has 1 aliphatic rings. The zero-order valence-electron chi connectivity index (χ0n) is 8.50. The van der Waals surface area contributed by atoms with E-state index >= 15 is 0 Å². The van der Waals surface area contributed by atoms with Crippen molar-refractivity contribution >= 4 is 5.91 Å². The Hall–Kier alpha value is -2.01. The second-order valence-corrected chi connectivity index (χ2v) is 3.38. The average molecular weight is 204 g/mol. The number of hydrogen-bond donors (Lipinski definition) is 2. The zero-order valence-corrected chi connectivity index (χ0v) is 8.50. The molecule has 5 nitrogen and oxygen atoms in total. The highest BCUT2D eigenvalue weighted by molar-refractivity contribution is 5.80. The summed E-state index contributed by atoms with van der Waals surface area (Å²) in [6.07, 6.45) is 3.73. The minimum Gasteiger partial charge on any atom is -0.311 e. The van der Waals surface area contributed by atoms with Crippen LogP contribution in [0.15, 0.2) is 11.4 Å². The lowest BCUT2D eigenvalue weighted by atomic mass is 9.89. The summed E-state index contributed by atoms with van der Waals surface area (Å²) in [5, 5.41) is 22.3. The molecule has 0 saturated carbocycles. The normalized spacial score (nSPS) is 20.2. The highest BCUT2D eigenvalue weighted by Gasteiger charge is 2.27. The van der Waals surface area contributed by atoms with Crippen LogP contribution in [0.4, 0.5) is 0 Å². The Morgan fingerprint density at radius 1 is 1.60 bits per heavy atom. The lowest BCUT2D eigenvalue weighted by molar-refractivity contribution is -0.121.